The molecule has 0 saturated heterocycles. The Hall–Kier alpha value is -3.22. The maximum atomic E-state index is 12.5. The lowest BCUT2D eigenvalue weighted by atomic mass is 10.1. The molecule has 0 radical (unpaired) electrons. The number of pyridine rings is 1. The molecule has 0 amide bonds. The van der Waals surface area contributed by atoms with E-state index >= 15 is 0 Å². The highest BCUT2D eigenvalue weighted by Crippen LogP contribution is 2.22. The van der Waals surface area contributed by atoms with E-state index in [1.165, 1.54) is 4.57 Å². The Morgan fingerprint density at radius 3 is 2.78 bits per heavy atom. The van der Waals surface area contributed by atoms with Gasteiger partial charge in [-0.25, -0.2) is 4.98 Å². The topological polar surface area (TPSA) is 78.7 Å². The summed E-state index contributed by atoms with van der Waals surface area (Å²) in [5, 5.41) is 5.45. The highest BCUT2D eigenvalue weighted by atomic mass is 16.5. The van der Waals surface area contributed by atoms with Gasteiger partial charge in [0, 0.05) is 31.9 Å². The Kier molecular flexibility index (Phi) is 2.87. The first-order valence-corrected chi connectivity index (χ1v) is 7.05. The summed E-state index contributed by atoms with van der Waals surface area (Å²) in [6, 6.07) is 9.28. The van der Waals surface area contributed by atoms with Crippen LogP contribution < -0.4 is 5.56 Å². The third-order valence-electron chi connectivity index (χ3n) is 3.82. The highest BCUT2D eigenvalue weighted by Gasteiger charge is 2.17. The van der Waals surface area contributed by atoms with Crippen molar-refractivity contribution in [2.24, 2.45) is 14.1 Å². The van der Waals surface area contributed by atoms with Crippen LogP contribution in [0.25, 0.3) is 34.0 Å². The van der Waals surface area contributed by atoms with E-state index in [1.54, 1.807) is 30.1 Å². The number of rotatable bonds is 2. The predicted molar refractivity (Wildman–Crippen MR) is 84.7 cm³/mol. The van der Waals surface area contributed by atoms with Crippen LogP contribution in [0.1, 0.15) is 0 Å². The Bertz CT molecular complexity index is 1070. The van der Waals surface area contributed by atoms with E-state index in [9.17, 15) is 4.79 Å². The normalized spacial score (nSPS) is 11.2. The molecule has 0 aliphatic rings. The number of hydrogen-bond acceptors (Lipinski definition) is 5. The summed E-state index contributed by atoms with van der Waals surface area (Å²) in [4.78, 5) is 21.0. The predicted octanol–water partition coefficient (Wildman–Crippen LogP) is 1.99. The number of fused-ring (bicyclic) bond motifs is 1. The van der Waals surface area contributed by atoms with Gasteiger partial charge in [-0.15, -0.1) is 0 Å². The monoisotopic (exact) mass is 307 g/mol. The number of aromatic nitrogens is 5. The van der Waals surface area contributed by atoms with Crippen molar-refractivity contribution >= 4 is 10.8 Å². The molecule has 0 aliphatic heterocycles. The first-order valence-electron chi connectivity index (χ1n) is 7.05. The van der Waals surface area contributed by atoms with Crippen LogP contribution in [0.15, 0.2) is 52.0 Å². The molecule has 0 unspecified atom stereocenters. The first kappa shape index (κ1) is 13.4. The van der Waals surface area contributed by atoms with Crippen LogP contribution in [0.4, 0.5) is 0 Å². The number of aryl methyl sites for hydroxylation is 1. The fourth-order valence-corrected chi connectivity index (χ4v) is 2.56. The molecular formula is C16H13N5O2. The highest BCUT2D eigenvalue weighted by molar-refractivity contribution is 5.84. The van der Waals surface area contributed by atoms with Gasteiger partial charge in [-0.2, -0.15) is 4.98 Å². The minimum Gasteiger partial charge on any atom is -0.332 e. The maximum absolute atomic E-state index is 12.5. The summed E-state index contributed by atoms with van der Waals surface area (Å²) < 4.78 is 8.65. The molecule has 4 aromatic rings. The van der Waals surface area contributed by atoms with Crippen molar-refractivity contribution in [3.63, 3.8) is 0 Å². The molecule has 3 aromatic heterocycles. The lowest BCUT2D eigenvalue weighted by Crippen LogP contribution is -2.18. The lowest BCUT2D eigenvalue weighted by Gasteiger charge is -2.06. The molecule has 4 rings (SSSR count). The molecule has 114 valence electrons. The van der Waals surface area contributed by atoms with Gasteiger partial charge in [0.1, 0.15) is 5.69 Å². The molecule has 0 spiro atoms. The second-order valence-corrected chi connectivity index (χ2v) is 5.27. The standard InChI is InChI=1S/C16H13N5O2/c1-20-8-7-17-14(20)13-18-15(23-19-13)12-9-10-5-3-4-6-11(10)16(22)21(12)2/h3-9H,1-2H3. The van der Waals surface area contributed by atoms with E-state index in [-0.39, 0.29) is 11.4 Å². The third-order valence-corrected chi connectivity index (χ3v) is 3.82. The Labute approximate surface area is 130 Å². The quantitative estimate of drug-likeness (QED) is 0.566. The van der Waals surface area contributed by atoms with E-state index < -0.39 is 0 Å². The van der Waals surface area contributed by atoms with E-state index in [4.69, 9.17) is 4.52 Å². The molecular weight excluding hydrogens is 294 g/mol. The molecule has 0 saturated carbocycles. The van der Waals surface area contributed by atoms with Gasteiger partial charge in [-0.3, -0.25) is 4.79 Å². The fraction of sp³-hybridized carbons (Fsp3) is 0.125. The second kappa shape index (κ2) is 4.91. The molecule has 0 fully saturated rings. The van der Waals surface area contributed by atoms with E-state index in [1.807, 2.05) is 31.3 Å². The van der Waals surface area contributed by atoms with Crippen molar-refractivity contribution in [2.75, 3.05) is 0 Å². The maximum Gasteiger partial charge on any atom is 0.275 e. The number of nitrogens with zero attached hydrogens (tertiary/aromatic N) is 5. The average molecular weight is 307 g/mol. The molecule has 0 N–H and O–H groups in total. The first-order chi connectivity index (χ1) is 11.1. The summed E-state index contributed by atoms with van der Waals surface area (Å²) in [6.07, 6.45) is 3.47. The summed E-state index contributed by atoms with van der Waals surface area (Å²) in [7, 11) is 3.54. The number of benzene rings is 1. The van der Waals surface area contributed by atoms with Crippen LogP contribution in [0.5, 0.6) is 0 Å². The number of hydrogen-bond donors (Lipinski definition) is 0. The average Bonchev–Trinajstić information content (AvgIpc) is 3.19. The minimum absolute atomic E-state index is 0.102. The summed E-state index contributed by atoms with van der Waals surface area (Å²) in [5.41, 5.74) is 0.469. The lowest BCUT2D eigenvalue weighted by molar-refractivity contribution is 0.428. The molecule has 0 bridgehead atoms. The van der Waals surface area contributed by atoms with Crippen LogP contribution in [0, 0.1) is 0 Å². The van der Waals surface area contributed by atoms with Gasteiger partial charge in [-0.1, -0.05) is 23.4 Å². The molecule has 7 nitrogen and oxygen atoms in total. The molecule has 3 heterocycles. The zero-order chi connectivity index (χ0) is 16.0. The van der Waals surface area contributed by atoms with Gasteiger partial charge in [0.2, 0.25) is 5.82 Å². The van der Waals surface area contributed by atoms with Crippen molar-refractivity contribution in [2.45, 2.75) is 0 Å². The van der Waals surface area contributed by atoms with E-state index in [2.05, 4.69) is 15.1 Å². The Morgan fingerprint density at radius 2 is 2.00 bits per heavy atom. The van der Waals surface area contributed by atoms with Crippen molar-refractivity contribution in [3.05, 3.63) is 53.1 Å². The van der Waals surface area contributed by atoms with Crippen LogP contribution in [0.2, 0.25) is 0 Å². The zero-order valence-electron chi connectivity index (χ0n) is 12.6. The molecule has 0 aliphatic carbocycles. The van der Waals surface area contributed by atoms with Crippen molar-refractivity contribution < 1.29 is 4.52 Å². The van der Waals surface area contributed by atoms with Gasteiger partial charge >= 0.3 is 0 Å². The minimum atomic E-state index is -0.102. The van der Waals surface area contributed by atoms with Crippen molar-refractivity contribution in [1.29, 1.82) is 0 Å². The fourth-order valence-electron chi connectivity index (χ4n) is 2.56. The van der Waals surface area contributed by atoms with Crippen LogP contribution in [0.3, 0.4) is 0 Å². The molecule has 1 aromatic carbocycles. The molecule has 23 heavy (non-hydrogen) atoms. The van der Waals surface area contributed by atoms with Gasteiger partial charge in [0.05, 0.1) is 0 Å². The second-order valence-electron chi connectivity index (χ2n) is 5.27. The summed E-state index contributed by atoms with van der Waals surface area (Å²) >= 11 is 0. The number of imidazole rings is 1. The van der Waals surface area contributed by atoms with Gasteiger partial charge in [-0.05, 0) is 17.5 Å². The van der Waals surface area contributed by atoms with Crippen LogP contribution in [-0.2, 0) is 14.1 Å². The largest absolute Gasteiger partial charge is 0.332 e. The summed E-state index contributed by atoms with van der Waals surface area (Å²) in [6.45, 7) is 0. The Balaban J connectivity index is 1.90. The SMILES string of the molecule is Cn1ccnc1-c1noc(-c2cc3ccccc3c(=O)n2C)n1. The van der Waals surface area contributed by atoms with Gasteiger partial charge in [0.15, 0.2) is 5.82 Å². The van der Waals surface area contributed by atoms with Crippen LogP contribution >= 0.6 is 0 Å². The van der Waals surface area contributed by atoms with E-state index in [0.29, 0.717) is 22.7 Å². The van der Waals surface area contributed by atoms with Crippen molar-refractivity contribution in [1.82, 2.24) is 24.3 Å². The van der Waals surface area contributed by atoms with Gasteiger partial charge in [0.25, 0.3) is 11.4 Å². The smallest absolute Gasteiger partial charge is 0.275 e. The molecule has 0 atom stereocenters. The summed E-state index contributed by atoms with van der Waals surface area (Å²) in [5.74, 6) is 1.27. The van der Waals surface area contributed by atoms with Crippen molar-refractivity contribution in [3.8, 4) is 23.2 Å². The Morgan fingerprint density at radius 1 is 1.17 bits per heavy atom. The van der Waals surface area contributed by atoms with Crippen LogP contribution in [-0.4, -0.2) is 24.3 Å². The van der Waals surface area contributed by atoms with E-state index in [0.717, 1.165) is 5.39 Å². The molecule has 7 heteroatoms. The zero-order valence-corrected chi connectivity index (χ0v) is 12.6. The third kappa shape index (κ3) is 2.05. The van der Waals surface area contributed by atoms with Gasteiger partial charge < -0.3 is 13.7 Å².